The van der Waals surface area contributed by atoms with Crippen LogP contribution >= 0.6 is 0 Å². The van der Waals surface area contributed by atoms with E-state index in [-0.39, 0.29) is 6.09 Å². The van der Waals surface area contributed by atoms with Crippen LogP contribution in [0.4, 0.5) is 31.0 Å². The monoisotopic (exact) mass is 377 g/mol. The number of aromatic nitrogens is 2. The quantitative estimate of drug-likeness (QED) is 0.883. The molecule has 1 fully saturated rings. The molecule has 1 aliphatic heterocycles. The maximum atomic E-state index is 13.4. The average molecular weight is 377 g/mol. The summed E-state index contributed by atoms with van der Waals surface area (Å²) in [5.41, 5.74) is 1.13. The number of nitrogens with one attached hydrogen (secondary N) is 1. The number of piperazine rings is 1. The Morgan fingerprint density at radius 3 is 2.56 bits per heavy atom. The minimum Gasteiger partial charge on any atom is -0.450 e. The number of rotatable bonds is 4. The van der Waals surface area contributed by atoms with Gasteiger partial charge in [0.05, 0.1) is 6.61 Å². The number of hydrogen-bond donors (Lipinski definition) is 1. The van der Waals surface area contributed by atoms with Crippen molar-refractivity contribution < 1.29 is 18.3 Å². The summed E-state index contributed by atoms with van der Waals surface area (Å²) in [6.07, 6.45) is -0.317. The van der Waals surface area contributed by atoms with Crippen LogP contribution in [0.1, 0.15) is 12.6 Å². The second kappa shape index (κ2) is 8.15. The van der Waals surface area contributed by atoms with Gasteiger partial charge in [-0.15, -0.1) is 0 Å². The van der Waals surface area contributed by atoms with Crippen LogP contribution in [0.2, 0.25) is 0 Å². The van der Waals surface area contributed by atoms with Crippen molar-refractivity contribution in [1.29, 1.82) is 0 Å². The lowest BCUT2D eigenvalue weighted by molar-refractivity contribution is 0.105. The van der Waals surface area contributed by atoms with Gasteiger partial charge in [-0.25, -0.2) is 18.6 Å². The van der Waals surface area contributed by atoms with E-state index >= 15 is 0 Å². The van der Waals surface area contributed by atoms with Crippen molar-refractivity contribution in [3.63, 3.8) is 0 Å². The summed E-state index contributed by atoms with van der Waals surface area (Å²) in [7, 11) is 0. The molecule has 0 radical (unpaired) electrons. The molecular formula is C18H21F2N5O2. The van der Waals surface area contributed by atoms with Crippen LogP contribution in [0.25, 0.3) is 0 Å². The summed E-state index contributed by atoms with van der Waals surface area (Å²) in [6.45, 7) is 6.13. The van der Waals surface area contributed by atoms with Gasteiger partial charge in [-0.1, -0.05) is 0 Å². The standard InChI is InChI=1S/C18H21F2N5O2/c1-3-27-18(26)25-8-6-24(7-9-25)17-21-12(2)10-16(23-17)22-13-4-5-14(19)15(20)11-13/h4-5,10-11H,3,6-9H2,1-2H3,(H,21,22,23). The first-order valence-corrected chi connectivity index (χ1v) is 8.70. The van der Waals surface area contributed by atoms with Gasteiger partial charge in [0.2, 0.25) is 5.95 Å². The van der Waals surface area contributed by atoms with Crippen LogP contribution in [-0.2, 0) is 4.74 Å². The Morgan fingerprint density at radius 1 is 1.15 bits per heavy atom. The number of carbonyl (C=O) groups excluding carboxylic acids is 1. The van der Waals surface area contributed by atoms with Crippen LogP contribution in [0.15, 0.2) is 24.3 Å². The molecule has 0 unspecified atom stereocenters. The largest absolute Gasteiger partial charge is 0.450 e. The van der Waals surface area contributed by atoms with E-state index in [9.17, 15) is 13.6 Å². The molecule has 0 atom stereocenters. The Morgan fingerprint density at radius 2 is 1.89 bits per heavy atom. The van der Waals surface area contributed by atoms with Crippen molar-refractivity contribution in [2.75, 3.05) is 43.0 Å². The predicted octanol–water partition coefficient (Wildman–Crippen LogP) is 3.09. The molecule has 1 amide bonds. The summed E-state index contributed by atoms with van der Waals surface area (Å²) in [5.74, 6) is -0.833. The normalized spacial score (nSPS) is 14.2. The molecule has 0 saturated carbocycles. The third-order valence-electron chi connectivity index (χ3n) is 4.12. The second-order valence-corrected chi connectivity index (χ2v) is 6.12. The lowest BCUT2D eigenvalue weighted by atomic mass is 10.3. The fourth-order valence-corrected chi connectivity index (χ4v) is 2.78. The molecule has 7 nitrogen and oxygen atoms in total. The molecule has 2 aromatic rings. The van der Waals surface area contributed by atoms with Crippen LogP contribution in [-0.4, -0.2) is 53.7 Å². The molecule has 1 N–H and O–H groups in total. The van der Waals surface area contributed by atoms with Gasteiger partial charge in [-0.3, -0.25) is 0 Å². The highest BCUT2D eigenvalue weighted by Gasteiger charge is 2.23. The lowest BCUT2D eigenvalue weighted by Crippen LogP contribution is -2.49. The van der Waals surface area contributed by atoms with E-state index in [4.69, 9.17) is 4.74 Å². The smallest absolute Gasteiger partial charge is 0.409 e. The lowest BCUT2D eigenvalue weighted by Gasteiger charge is -2.34. The Bertz CT molecular complexity index is 825. The molecule has 3 rings (SSSR count). The SMILES string of the molecule is CCOC(=O)N1CCN(c2nc(C)cc(Nc3ccc(F)c(F)c3)n2)CC1. The fraction of sp³-hybridized carbons (Fsp3) is 0.389. The van der Waals surface area contributed by atoms with E-state index < -0.39 is 11.6 Å². The first-order chi connectivity index (χ1) is 13.0. The summed E-state index contributed by atoms with van der Waals surface area (Å²) in [4.78, 5) is 24.3. The van der Waals surface area contributed by atoms with Crippen molar-refractivity contribution in [3.8, 4) is 0 Å². The van der Waals surface area contributed by atoms with Crippen LogP contribution < -0.4 is 10.2 Å². The number of benzene rings is 1. The van der Waals surface area contributed by atoms with E-state index in [0.717, 1.165) is 17.8 Å². The van der Waals surface area contributed by atoms with Crippen molar-refractivity contribution in [1.82, 2.24) is 14.9 Å². The highest BCUT2D eigenvalue weighted by molar-refractivity contribution is 5.68. The molecule has 0 bridgehead atoms. The van der Waals surface area contributed by atoms with Gasteiger partial charge in [0.1, 0.15) is 5.82 Å². The summed E-state index contributed by atoms with van der Waals surface area (Å²) in [6, 6.07) is 5.29. The molecule has 0 aliphatic carbocycles. The molecule has 2 heterocycles. The van der Waals surface area contributed by atoms with E-state index in [1.807, 2.05) is 11.8 Å². The predicted molar refractivity (Wildman–Crippen MR) is 97.2 cm³/mol. The highest BCUT2D eigenvalue weighted by Crippen LogP contribution is 2.21. The minimum atomic E-state index is -0.930. The van der Waals surface area contributed by atoms with Crippen molar-refractivity contribution in [3.05, 3.63) is 41.6 Å². The fourth-order valence-electron chi connectivity index (χ4n) is 2.78. The maximum Gasteiger partial charge on any atom is 0.409 e. The van der Waals surface area contributed by atoms with Gasteiger partial charge in [0.25, 0.3) is 0 Å². The topological polar surface area (TPSA) is 70.6 Å². The molecule has 27 heavy (non-hydrogen) atoms. The van der Waals surface area contributed by atoms with Crippen LogP contribution in [0.3, 0.4) is 0 Å². The van der Waals surface area contributed by atoms with Gasteiger partial charge < -0.3 is 19.9 Å². The molecule has 1 aromatic carbocycles. The molecular weight excluding hydrogens is 356 g/mol. The zero-order chi connectivity index (χ0) is 19.4. The molecule has 1 aromatic heterocycles. The van der Waals surface area contributed by atoms with Crippen molar-refractivity contribution in [2.24, 2.45) is 0 Å². The minimum absolute atomic E-state index is 0.317. The summed E-state index contributed by atoms with van der Waals surface area (Å²) >= 11 is 0. The number of carbonyl (C=O) groups is 1. The summed E-state index contributed by atoms with van der Waals surface area (Å²) in [5, 5.41) is 2.97. The van der Waals surface area contributed by atoms with Crippen molar-refractivity contribution in [2.45, 2.75) is 13.8 Å². The number of halogens is 2. The van der Waals surface area contributed by atoms with Gasteiger partial charge in [-0.05, 0) is 26.0 Å². The Kier molecular flexibility index (Phi) is 5.68. The van der Waals surface area contributed by atoms with E-state index in [1.165, 1.54) is 6.07 Å². The van der Waals surface area contributed by atoms with Crippen LogP contribution in [0, 0.1) is 18.6 Å². The molecule has 144 valence electrons. The Balaban J connectivity index is 1.70. The number of amides is 1. The maximum absolute atomic E-state index is 13.4. The molecule has 1 aliphatic rings. The Hall–Kier alpha value is -2.97. The Labute approximate surface area is 156 Å². The number of aryl methyl sites for hydroxylation is 1. The van der Waals surface area contributed by atoms with Gasteiger partial charge >= 0.3 is 6.09 Å². The zero-order valence-electron chi connectivity index (χ0n) is 15.2. The average Bonchev–Trinajstić information content (AvgIpc) is 2.65. The first kappa shape index (κ1) is 18.8. The number of nitrogens with zero attached hydrogens (tertiary/aromatic N) is 4. The molecule has 0 spiro atoms. The van der Waals surface area contributed by atoms with Crippen molar-refractivity contribution >= 4 is 23.5 Å². The number of anilines is 3. The third-order valence-corrected chi connectivity index (χ3v) is 4.12. The van der Waals surface area contributed by atoms with Gasteiger partial charge in [0.15, 0.2) is 11.6 Å². The number of ether oxygens (including phenoxy) is 1. The molecule has 9 heteroatoms. The van der Waals surface area contributed by atoms with E-state index in [2.05, 4.69) is 15.3 Å². The number of hydrogen-bond acceptors (Lipinski definition) is 6. The van der Waals surface area contributed by atoms with Crippen LogP contribution in [0.5, 0.6) is 0 Å². The first-order valence-electron chi connectivity index (χ1n) is 8.70. The zero-order valence-corrected chi connectivity index (χ0v) is 15.2. The summed E-state index contributed by atoms with van der Waals surface area (Å²) < 4.78 is 31.5. The highest BCUT2D eigenvalue weighted by atomic mass is 19.2. The molecule has 1 saturated heterocycles. The van der Waals surface area contributed by atoms with Gasteiger partial charge in [-0.2, -0.15) is 4.98 Å². The van der Waals surface area contributed by atoms with Gasteiger partial charge in [0, 0.05) is 49.7 Å². The van der Waals surface area contributed by atoms with E-state index in [0.29, 0.717) is 50.2 Å². The third kappa shape index (κ3) is 4.60. The van der Waals surface area contributed by atoms with E-state index in [1.54, 1.807) is 17.9 Å². The second-order valence-electron chi connectivity index (χ2n) is 6.12.